The van der Waals surface area contributed by atoms with Gasteiger partial charge in [0.2, 0.25) is 5.91 Å². The maximum Gasteiger partial charge on any atom is 0.224 e. The largest absolute Gasteiger partial charge is 0.497 e. The van der Waals surface area contributed by atoms with Crippen molar-refractivity contribution in [1.29, 1.82) is 0 Å². The molecule has 3 aromatic carbocycles. The number of fused-ring (bicyclic) bond motifs is 1. The second-order valence-electron chi connectivity index (χ2n) is 7.57. The number of carbonyl (C=O) groups is 1. The van der Waals surface area contributed by atoms with Gasteiger partial charge in [0, 0.05) is 19.5 Å². The summed E-state index contributed by atoms with van der Waals surface area (Å²) in [7, 11) is 1.68. The van der Waals surface area contributed by atoms with Gasteiger partial charge in [-0.2, -0.15) is 0 Å². The molecule has 1 amide bonds. The number of amides is 1. The zero-order valence-corrected chi connectivity index (χ0v) is 17.8. The second kappa shape index (κ2) is 9.94. The zero-order chi connectivity index (χ0) is 21.5. The number of aromatic nitrogens is 2. The first kappa shape index (κ1) is 20.7. The van der Waals surface area contributed by atoms with Gasteiger partial charge in [0.15, 0.2) is 0 Å². The molecule has 31 heavy (non-hydrogen) atoms. The van der Waals surface area contributed by atoms with Gasteiger partial charge in [-0.15, -0.1) is 0 Å². The molecule has 0 atom stereocenters. The highest BCUT2D eigenvalue weighted by Crippen LogP contribution is 2.20. The van der Waals surface area contributed by atoms with E-state index in [9.17, 15) is 4.79 Å². The van der Waals surface area contributed by atoms with E-state index >= 15 is 0 Å². The summed E-state index contributed by atoms with van der Waals surface area (Å²) in [6, 6.07) is 26.2. The molecule has 1 heterocycles. The van der Waals surface area contributed by atoms with Crippen LogP contribution in [0.4, 0.5) is 0 Å². The Hall–Kier alpha value is -3.60. The lowest BCUT2D eigenvalue weighted by atomic mass is 10.1. The summed E-state index contributed by atoms with van der Waals surface area (Å²) in [5.74, 6) is 1.94. The Morgan fingerprint density at radius 3 is 2.45 bits per heavy atom. The van der Waals surface area contributed by atoms with Crippen molar-refractivity contribution in [3.05, 3.63) is 95.8 Å². The Morgan fingerprint density at radius 1 is 0.935 bits per heavy atom. The van der Waals surface area contributed by atoms with Crippen LogP contribution in [0, 0.1) is 0 Å². The number of hydrogen-bond acceptors (Lipinski definition) is 3. The topological polar surface area (TPSA) is 56.1 Å². The Bertz CT molecular complexity index is 1130. The first-order chi connectivity index (χ1) is 15.2. The van der Waals surface area contributed by atoms with E-state index in [0.717, 1.165) is 47.6 Å². The maximum absolute atomic E-state index is 12.2. The van der Waals surface area contributed by atoms with E-state index in [1.807, 2.05) is 60.7 Å². The van der Waals surface area contributed by atoms with Crippen LogP contribution in [0.25, 0.3) is 11.0 Å². The van der Waals surface area contributed by atoms with Crippen LogP contribution >= 0.6 is 0 Å². The number of nitrogens with zero attached hydrogens (tertiary/aromatic N) is 2. The Balaban J connectivity index is 1.40. The molecule has 0 aliphatic carbocycles. The van der Waals surface area contributed by atoms with Crippen LogP contribution in [0.1, 0.15) is 23.4 Å². The fraction of sp³-hybridized carbons (Fsp3) is 0.231. The van der Waals surface area contributed by atoms with Gasteiger partial charge in [-0.05, 0) is 41.8 Å². The number of aryl methyl sites for hydroxylation is 1. The van der Waals surface area contributed by atoms with Crippen molar-refractivity contribution >= 4 is 16.9 Å². The minimum atomic E-state index is 0.0536. The van der Waals surface area contributed by atoms with Gasteiger partial charge >= 0.3 is 0 Å². The van der Waals surface area contributed by atoms with E-state index < -0.39 is 0 Å². The molecule has 5 heteroatoms. The summed E-state index contributed by atoms with van der Waals surface area (Å²) in [6.45, 7) is 1.39. The Kier molecular flexibility index (Phi) is 6.62. The number of rotatable bonds is 9. The molecule has 0 saturated carbocycles. The first-order valence-electron chi connectivity index (χ1n) is 10.6. The van der Waals surface area contributed by atoms with Crippen LogP contribution in [0.2, 0.25) is 0 Å². The minimum absolute atomic E-state index is 0.0536. The summed E-state index contributed by atoms with van der Waals surface area (Å²) in [4.78, 5) is 17.0. The molecule has 1 aromatic heterocycles. The van der Waals surface area contributed by atoms with Crippen LogP contribution in [0.15, 0.2) is 78.9 Å². The lowest BCUT2D eigenvalue weighted by Gasteiger charge is -2.11. The van der Waals surface area contributed by atoms with Crippen LogP contribution in [-0.4, -0.2) is 29.1 Å². The van der Waals surface area contributed by atoms with Crippen molar-refractivity contribution in [2.24, 2.45) is 0 Å². The van der Waals surface area contributed by atoms with Crippen molar-refractivity contribution in [2.75, 3.05) is 13.7 Å². The molecular weight excluding hydrogens is 386 g/mol. The normalized spacial score (nSPS) is 10.9. The predicted octanol–water partition coefficient (Wildman–Crippen LogP) is 4.38. The van der Waals surface area contributed by atoms with Crippen molar-refractivity contribution in [3.8, 4) is 5.75 Å². The standard InChI is InChI=1S/C26H27N3O2/c1-31-22-15-13-21(14-16-22)19-29-24-11-6-5-10-23(24)28-25(29)12-7-17-27-26(30)18-20-8-3-2-4-9-20/h2-6,8-11,13-16H,7,12,17-19H2,1H3,(H,27,30). The average molecular weight is 414 g/mol. The fourth-order valence-corrected chi connectivity index (χ4v) is 3.72. The Labute approximate surface area is 182 Å². The molecule has 0 aliphatic heterocycles. The highest BCUT2D eigenvalue weighted by molar-refractivity contribution is 5.78. The molecule has 5 nitrogen and oxygen atoms in total. The van der Waals surface area contributed by atoms with E-state index in [2.05, 4.69) is 28.1 Å². The second-order valence-corrected chi connectivity index (χ2v) is 7.57. The molecule has 0 fully saturated rings. The number of nitrogens with one attached hydrogen (secondary N) is 1. The van der Waals surface area contributed by atoms with Gasteiger partial charge in [-0.1, -0.05) is 54.6 Å². The highest BCUT2D eigenvalue weighted by atomic mass is 16.5. The summed E-state index contributed by atoms with van der Waals surface area (Å²) in [5.41, 5.74) is 4.35. The minimum Gasteiger partial charge on any atom is -0.497 e. The van der Waals surface area contributed by atoms with Crippen LogP contribution in [0.3, 0.4) is 0 Å². The smallest absolute Gasteiger partial charge is 0.224 e. The number of ether oxygens (including phenoxy) is 1. The summed E-state index contributed by atoms with van der Waals surface area (Å²) in [6.07, 6.45) is 2.06. The Morgan fingerprint density at radius 2 is 1.68 bits per heavy atom. The molecule has 0 aliphatic rings. The summed E-state index contributed by atoms with van der Waals surface area (Å²) < 4.78 is 7.53. The van der Waals surface area contributed by atoms with Crippen LogP contribution in [0.5, 0.6) is 5.75 Å². The van der Waals surface area contributed by atoms with E-state index in [1.54, 1.807) is 7.11 Å². The third kappa shape index (κ3) is 5.31. The molecular formula is C26H27N3O2. The van der Waals surface area contributed by atoms with Crippen molar-refractivity contribution in [1.82, 2.24) is 14.9 Å². The number of benzene rings is 3. The average Bonchev–Trinajstić information content (AvgIpc) is 3.15. The highest BCUT2D eigenvalue weighted by Gasteiger charge is 2.11. The number of hydrogen-bond donors (Lipinski definition) is 1. The molecule has 0 radical (unpaired) electrons. The third-order valence-electron chi connectivity index (χ3n) is 5.34. The van der Waals surface area contributed by atoms with E-state index in [1.165, 1.54) is 5.56 Å². The van der Waals surface area contributed by atoms with Crippen LogP contribution < -0.4 is 10.1 Å². The monoisotopic (exact) mass is 413 g/mol. The number of imidazole rings is 1. The van der Waals surface area contributed by atoms with Crippen molar-refractivity contribution < 1.29 is 9.53 Å². The predicted molar refractivity (Wildman–Crippen MR) is 123 cm³/mol. The molecule has 0 saturated heterocycles. The van der Waals surface area contributed by atoms with Gasteiger partial charge in [0.05, 0.1) is 24.6 Å². The molecule has 0 unspecified atom stereocenters. The molecule has 4 aromatic rings. The fourth-order valence-electron chi connectivity index (χ4n) is 3.72. The van der Waals surface area contributed by atoms with Gasteiger partial charge in [-0.25, -0.2) is 4.98 Å². The van der Waals surface area contributed by atoms with Crippen LogP contribution in [-0.2, 0) is 24.2 Å². The maximum atomic E-state index is 12.2. The first-order valence-corrected chi connectivity index (χ1v) is 10.6. The summed E-state index contributed by atoms with van der Waals surface area (Å²) >= 11 is 0. The quantitative estimate of drug-likeness (QED) is 0.414. The van der Waals surface area contributed by atoms with Crippen molar-refractivity contribution in [2.45, 2.75) is 25.8 Å². The van der Waals surface area contributed by atoms with Crippen molar-refractivity contribution in [3.63, 3.8) is 0 Å². The molecule has 0 spiro atoms. The SMILES string of the molecule is COc1ccc(Cn2c(CCCNC(=O)Cc3ccccc3)nc3ccccc32)cc1. The van der Waals surface area contributed by atoms with Gasteiger partial charge in [-0.3, -0.25) is 4.79 Å². The molecule has 4 rings (SSSR count). The van der Waals surface area contributed by atoms with Gasteiger partial charge in [0.1, 0.15) is 11.6 Å². The van der Waals surface area contributed by atoms with E-state index in [4.69, 9.17) is 9.72 Å². The van der Waals surface area contributed by atoms with E-state index in [-0.39, 0.29) is 5.91 Å². The van der Waals surface area contributed by atoms with Gasteiger partial charge in [0.25, 0.3) is 0 Å². The number of methoxy groups -OCH3 is 1. The zero-order valence-electron chi connectivity index (χ0n) is 17.8. The molecule has 1 N–H and O–H groups in total. The number of carbonyl (C=O) groups excluding carboxylic acids is 1. The third-order valence-corrected chi connectivity index (χ3v) is 5.34. The number of para-hydroxylation sites is 2. The molecule has 0 bridgehead atoms. The van der Waals surface area contributed by atoms with E-state index in [0.29, 0.717) is 13.0 Å². The van der Waals surface area contributed by atoms with Gasteiger partial charge < -0.3 is 14.6 Å². The summed E-state index contributed by atoms with van der Waals surface area (Å²) in [5, 5.41) is 3.03. The molecule has 158 valence electrons. The lowest BCUT2D eigenvalue weighted by Crippen LogP contribution is -2.26. The lowest BCUT2D eigenvalue weighted by molar-refractivity contribution is -0.120.